The van der Waals surface area contributed by atoms with Gasteiger partial charge in [0.05, 0.1) is 24.9 Å². The molecule has 2 fully saturated rings. The second-order valence-corrected chi connectivity index (χ2v) is 6.83. The lowest BCUT2D eigenvalue weighted by Gasteiger charge is -2.18. The molecule has 2 heterocycles. The molecule has 2 aliphatic rings. The number of hydrogen-bond donors (Lipinski definition) is 2. The SMILES string of the molecule is O=CC1CN(c2ccc(C3CCOC3)cc2O)S(=O)(=O)N1. The summed E-state index contributed by atoms with van der Waals surface area (Å²) in [6.07, 6.45) is 1.43. The van der Waals surface area contributed by atoms with Crippen molar-refractivity contribution in [3.63, 3.8) is 0 Å². The van der Waals surface area contributed by atoms with Crippen molar-refractivity contribution in [2.75, 3.05) is 24.1 Å². The van der Waals surface area contributed by atoms with Gasteiger partial charge < -0.3 is 14.6 Å². The van der Waals surface area contributed by atoms with Crippen molar-refractivity contribution in [1.29, 1.82) is 0 Å². The van der Waals surface area contributed by atoms with Crippen molar-refractivity contribution in [3.05, 3.63) is 23.8 Å². The predicted molar refractivity (Wildman–Crippen MR) is 75.5 cm³/mol. The minimum Gasteiger partial charge on any atom is -0.506 e. The van der Waals surface area contributed by atoms with Crippen LogP contribution in [0.2, 0.25) is 0 Å². The van der Waals surface area contributed by atoms with E-state index in [-0.39, 0.29) is 23.9 Å². The average Bonchev–Trinajstić information content (AvgIpc) is 3.06. The van der Waals surface area contributed by atoms with E-state index in [2.05, 4.69) is 4.72 Å². The zero-order valence-electron chi connectivity index (χ0n) is 11.2. The maximum atomic E-state index is 11.9. The molecule has 1 aromatic rings. The third kappa shape index (κ3) is 2.61. The molecule has 0 bridgehead atoms. The van der Waals surface area contributed by atoms with E-state index in [1.807, 2.05) is 0 Å². The number of aldehydes is 1. The van der Waals surface area contributed by atoms with Crippen LogP contribution in [0.5, 0.6) is 5.75 Å². The van der Waals surface area contributed by atoms with Crippen LogP contribution in [-0.2, 0) is 19.7 Å². The fourth-order valence-electron chi connectivity index (χ4n) is 2.67. The highest BCUT2D eigenvalue weighted by atomic mass is 32.2. The van der Waals surface area contributed by atoms with Crippen molar-refractivity contribution >= 4 is 22.2 Å². The van der Waals surface area contributed by atoms with Gasteiger partial charge in [-0.15, -0.1) is 0 Å². The minimum absolute atomic E-state index is 0.0225. The fraction of sp³-hybridized carbons (Fsp3) is 0.462. The Bertz CT molecular complexity index is 655. The van der Waals surface area contributed by atoms with Gasteiger partial charge in [0.1, 0.15) is 12.0 Å². The first kappa shape index (κ1) is 14.3. The first-order valence-corrected chi connectivity index (χ1v) is 8.11. The number of anilines is 1. The Morgan fingerprint density at radius 1 is 1.43 bits per heavy atom. The van der Waals surface area contributed by atoms with Crippen LogP contribution in [0.3, 0.4) is 0 Å². The molecule has 2 aliphatic heterocycles. The summed E-state index contributed by atoms with van der Waals surface area (Å²) in [5.74, 6) is 0.109. The van der Waals surface area contributed by atoms with E-state index in [0.29, 0.717) is 19.5 Å². The Hall–Kier alpha value is -1.64. The lowest BCUT2D eigenvalue weighted by atomic mass is 9.98. The van der Waals surface area contributed by atoms with E-state index in [4.69, 9.17) is 4.74 Å². The monoisotopic (exact) mass is 312 g/mol. The zero-order chi connectivity index (χ0) is 15.0. The molecule has 3 rings (SSSR count). The van der Waals surface area contributed by atoms with Crippen LogP contribution >= 0.6 is 0 Å². The molecule has 0 aromatic heterocycles. The topological polar surface area (TPSA) is 95.9 Å². The van der Waals surface area contributed by atoms with Crippen molar-refractivity contribution in [3.8, 4) is 5.75 Å². The molecule has 2 atom stereocenters. The molecule has 1 aromatic carbocycles. The Labute approximate surface area is 122 Å². The van der Waals surface area contributed by atoms with E-state index in [9.17, 15) is 18.3 Å². The van der Waals surface area contributed by atoms with Crippen LogP contribution in [0.1, 0.15) is 17.9 Å². The summed E-state index contributed by atoms with van der Waals surface area (Å²) in [6, 6.07) is 4.13. The minimum atomic E-state index is -3.79. The standard InChI is InChI=1S/C13H16N2O5S/c16-7-11-6-15(21(18,19)14-11)12-2-1-9(5-13(12)17)10-3-4-20-8-10/h1-2,5,7,10-11,14,17H,3-4,6,8H2. The summed E-state index contributed by atoms with van der Waals surface area (Å²) in [4.78, 5) is 10.8. The van der Waals surface area contributed by atoms with Crippen molar-refractivity contribution in [2.45, 2.75) is 18.4 Å². The number of nitrogens with one attached hydrogen (secondary N) is 1. The maximum absolute atomic E-state index is 11.9. The van der Waals surface area contributed by atoms with Gasteiger partial charge in [0.2, 0.25) is 0 Å². The van der Waals surface area contributed by atoms with Gasteiger partial charge in [-0.05, 0) is 24.1 Å². The molecule has 7 nitrogen and oxygen atoms in total. The normalized spacial score (nSPS) is 27.9. The van der Waals surface area contributed by atoms with Gasteiger partial charge >= 0.3 is 10.2 Å². The first-order valence-electron chi connectivity index (χ1n) is 6.67. The van der Waals surface area contributed by atoms with Gasteiger partial charge in [0.25, 0.3) is 0 Å². The molecular weight excluding hydrogens is 296 g/mol. The predicted octanol–water partition coefficient (Wildman–Crippen LogP) is 0.118. The van der Waals surface area contributed by atoms with Gasteiger partial charge in [0, 0.05) is 12.5 Å². The highest BCUT2D eigenvalue weighted by Gasteiger charge is 2.36. The Morgan fingerprint density at radius 2 is 2.24 bits per heavy atom. The number of aromatic hydroxyl groups is 1. The van der Waals surface area contributed by atoms with Gasteiger partial charge in [-0.25, -0.2) is 0 Å². The maximum Gasteiger partial charge on any atom is 0.302 e. The van der Waals surface area contributed by atoms with Gasteiger partial charge in [-0.1, -0.05) is 6.07 Å². The van der Waals surface area contributed by atoms with E-state index < -0.39 is 16.3 Å². The highest BCUT2D eigenvalue weighted by Crippen LogP contribution is 2.35. The number of phenolic OH excluding ortho intramolecular Hbond substituents is 1. The number of carbonyl (C=O) groups is 1. The van der Waals surface area contributed by atoms with Crippen LogP contribution in [0.25, 0.3) is 0 Å². The molecule has 0 radical (unpaired) electrons. The molecule has 8 heteroatoms. The zero-order valence-corrected chi connectivity index (χ0v) is 12.0. The second kappa shape index (κ2) is 5.28. The molecule has 2 saturated heterocycles. The summed E-state index contributed by atoms with van der Waals surface area (Å²) in [5, 5.41) is 10.1. The second-order valence-electron chi connectivity index (χ2n) is 5.21. The molecule has 0 aliphatic carbocycles. The summed E-state index contributed by atoms with van der Waals surface area (Å²) >= 11 is 0. The molecule has 2 N–H and O–H groups in total. The molecular formula is C13H16N2O5S. The third-order valence-electron chi connectivity index (χ3n) is 3.79. The number of carbonyl (C=O) groups excluding carboxylic acids is 1. The van der Waals surface area contributed by atoms with Crippen LogP contribution < -0.4 is 9.03 Å². The van der Waals surface area contributed by atoms with E-state index in [1.165, 1.54) is 0 Å². The van der Waals surface area contributed by atoms with Crippen LogP contribution in [0.15, 0.2) is 18.2 Å². The van der Waals surface area contributed by atoms with E-state index in [1.54, 1.807) is 18.2 Å². The average molecular weight is 312 g/mol. The molecule has 0 saturated carbocycles. The Balaban J connectivity index is 1.91. The highest BCUT2D eigenvalue weighted by molar-refractivity contribution is 7.91. The number of nitrogens with zero attached hydrogens (tertiary/aromatic N) is 1. The van der Waals surface area contributed by atoms with Crippen LogP contribution in [0.4, 0.5) is 5.69 Å². The molecule has 2 unspecified atom stereocenters. The van der Waals surface area contributed by atoms with Crippen LogP contribution in [-0.4, -0.2) is 45.6 Å². The smallest absolute Gasteiger partial charge is 0.302 e. The van der Waals surface area contributed by atoms with Crippen molar-refractivity contribution in [1.82, 2.24) is 4.72 Å². The molecule has 0 spiro atoms. The van der Waals surface area contributed by atoms with Gasteiger partial charge in [-0.2, -0.15) is 13.1 Å². The summed E-state index contributed by atoms with van der Waals surface area (Å²) in [7, 11) is -3.79. The quantitative estimate of drug-likeness (QED) is 0.773. The lowest BCUT2D eigenvalue weighted by molar-refractivity contribution is -0.108. The summed E-state index contributed by atoms with van der Waals surface area (Å²) < 4.78 is 32.4. The van der Waals surface area contributed by atoms with Gasteiger partial charge in [0.15, 0.2) is 0 Å². The molecule has 21 heavy (non-hydrogen) atoms. The van der Waals surface area contributed by atoms with E-state index in [0.717, 1.165) is 16.3 Å². The van der Waals surface area contributed by atoms with E-state index >= 15 is 0 Å². The molecule has 114 valence electrons. The fourth-order valence-corrected chi connectivity index (χ4v) is 4.08. The van der Waals surface area contributed by atoms with Crippen molar-refractivity contribution in [2.24, 2.45) is 0 Å². The lowest BCUT2D eigenvalue weighted by Crippen LogP contribution is -2.30. The number of hydrogen-bond acceptors (Lipinski definition) is 5. The number of rotatable bonds is 3. The molecule has 0 amide bonds. The Kier molecular flexibility index (Phi) is 3.60. The van der Waals surface area contributed by atoms with Gasteiger partial charge in [-0.3, -0.25) is 4.31 Å². The summed E-state index contributed by atoms with van der Waals surface area (Å²) in [5.41, 5.74) is 1.10. The largest absolute Gasteiger partial charge is 0.506 e. The Morgan fingerprint density at radius 3 is 2.81 bits per heavy atom. The third-order valence-corrected chi connectivity index (χ3v) is 5.31. The van der Waals surface area contributed by atoms with Crippen LogP contribution in [0, 0.1) is 0 Å². The number of ether oxygens (including phenoxy) is 1. The first-order chi connectivity index (χ1) is 10.0. The summed E-state index contributed by atoms with van der Waals surface area (Å²) in [6.45, 7) is 1.28. The number of benzene rings is 1. The number of phenols is 1. The van der Waals surface area contributed by atoms with Crippen molar-refractivity contribution < 1.29 is 23.1 Å².